The van der Waals surface area contributed by atoms with Gasteiger partial charge in [0.1, 0.15) is 11.9 Å². The van der Waals surface area contributed by atoms with Crippen LogP contribution in [0.15, 0.2) is 24.3 Å². The molecule has 2 rings (SSSR count). The predicted molar refractivity (Wildman–Crippen MR) is 84.8 cm³/mol. The molecular weight excluding hydrogens is 301 g/mol. The molecule has 0 aromatic heterocycles. The van der Waals surface area contributed by atoms with Crippen molar-refractivity contribution in [2.45, 2.75) is 19.4 Å². The van der Waals surface area contributed by atoms with Crippen molar-refractivity contribution >= 4 is 17.6 Å². The molecule has 0 aliphatic carbocycles. The summed E-state index contributed by atoms with van der Waals surface area (Å²) < 4.78 is 12.8. The molecule has 7 heteroatoms. The largest absolute Gasteiger partial charge is 0.480 e. The van der Waals surface area contributed by atoms with Crippen molar-refractivity contribution < 1.29 is 19.1 Å². The Hall–Kier alpha value is -1.99. The lowest BCUT2D eigenvalue weighted by Gasteiger charge is -2.37. The molecule has 23 heavy (non-hydrogen) atoms. The van der Waals surface area contributed by atoms with Crippen LogP contribution in [0.4, 0.5) is 10.1 Å². The first-order chi connectivity index (χ1) is 11.0. The standard InChI is InChI=1S/C16H22FN3O3/c1-2-14(16(22)23)20-9-7-19(8-10-20)11-15(21)18-13-5-3-12(17)4-6-13/h3-6,14H,2,7-11H2,1H3,(H,18,21)(H,22,23). The molecule has 0 saturated carbocycles. The maximum atomic E-state index is 12.8. The summed E-state index contributed by atoms with van der Waals surface area (Å²) in [6.07, 6.45) is 0.570. The molecule has 1 aliphatic heterocycles. The third-order valence-corrected chi connectivity index (χ3v) is 4.01. The van der Waals surface area contributed by atoms with Crippen molar-refractivity contribution in [1.82, 2.24) is 9.80 Å². The zero-order chi connectivity index (χ0) is 16.8. The number of anilines is 1. The van der Waals surface area contributed by atoms with Gasteiger partial charge >= 0.3 is 5.97 Å². The van der Waals surface area contributed by atoms with Gasteiger partial charge in [0, 0.05) is 31.9 Å². The maximum Gasteiger partial charge on any atom is 0.320 e. The van der Waals surface area contributed by atoms with Gasteiger partial charge in [-0.15, -0.1) is 0 Å². The smallest absolute Gasteiger partial charge is 0.320 e. The van der Waals surface area contributed by atoms with Gasteiger partial charge < -0.3 is 10.4 Å². The Morgan fingerprint density at radius 2 is 1.83 bits per heavy atom. The topological polar surface area (TPSA) is 72.9 Å². The van der Waals surface area contributed by atoms with E-state index in [-0.39, 0.29) is 18.3 Å². The van der Waals surface area contributed by atoms with Gasteiger partial charge in [0.15, 0.2) is 0 Å². The van der Waals surface area contributed by atoms with E-state index < -0.39 is 12.0 Å². The third-order valence-electron chi connectivity index (χ3n) is 4.01. The van der Waals surface area contributed by atoms with Crippen molar-refractivity contribution in [2.75, 3.05) is 38.0 Å². The highest BCUT2D eigenvalue weighted by molar-refractivity contribution is 5.92. The Morgan fingerprint density at radius 1 is 1.22 bits per heavy atom. The van der Waals surface area contributed by atoms with Crippen LogP contribution in [0.2, 0.25) is 0 Å². The van der Waals surface area contributed by atoms with Crippen LogP contribution in [0.3, 0.4) is 0 Å². The minimum atomic E-state index is -0.796. The minimum Gasteiger partial charge on any atom is -0.480 e. The average Bonchev–Trinajstić information content (AvgIpc) is 2.51. The van der Waals surface area contributed by atoms with E-state index in [0.717, 1.165) is 0 Å². The van der Waals surface area contributed by atoms with Gasteiger partial charge in [-0.25, -0.2) is 4.39 Å². The summed E-state index contributed by atoms with van der Waals surface area (Å²) in [5.74, 6) is -1.30. The lowest BCUT2D eigenvalue weighted by Crippen LogP contribution is -2.53. The number of amides is 1. The molecule has 1 heterocycles. The fourth-order valence-corrected chi connectivity index (χ4v) is 2.76. The second kappa shape index (κ2) is 8.03. The summed E-state index contributed by atoms with van der Waals surface area (Å²) in [5.41, 5.74) is 0.562. The highest BCUT2D eigenvalue weighted by Gasteiger charge is 2.27. The average molecular weight is 323 g/mol. The first-order valence-corrected chi connectivity index (χ1v) is 7.74. The van der Waals surface area contributed by atoms with Gasteiger partial charge in [0.05, 0.1) is 6.54 Å². The first kappa shape index (κ1) is 17.4. The minimum absolute atomic E-state index is 0.157. The molecule has 0 spiro atoms. The van der Waals surface area contributed by atoms with E-state index in [9.17, 15) is 19.1 Å². The molecule has 1 aromatic carbocycles. The normalized spacial score (nSPS) is 17.7. The molecule has 0 radical (unpaired) electrons. The van der Waals surface area contributed by atoms with Crippen LogP contribution in [0.1, 0.15) is 13.3 Å². The number of hydrogen-bond acceptors (Lipinski definition) is 4. The number of halogens is 1. The second-order valence-corrected chi connectivity index (χ2v) is 5.63. The van der Waals surface area contributed by atoms with Crippen LogP contribution in [-0.2, 0) is 9.59 Å². The Labute approximate surface area is 134 Å². The zero-order valence-electron chi connectivity index (χ0n) is 13.2. The number of hydrogen-bond donors (Lipinski definition) is 2. The second-order valence-electron chi connectivity index (χ2n) is 5.63. The van der Waals surface area contributed by atoms with Gasteiger partial charge in [0.2, 0.25) is 5.91 Å². The first-order valence-electron chi connectivity index (χ1n) is 7.74. The van der Waals surface area contributed by atoms with Crippen LogP contribution < -0.4 is 5.32 Å². The lowest BCUT2D eigenvalue weighted by atomic mass is 10.1. The zero-order valence-corrected chi connectivity index (χ0v) is 13.2. The summed E-state index contributed by atoms with van der Waals surface area (Å²) in [4.78, 5) is 27.1. The number of aliphatic carboxylic acids is 1. The predicted octanol–water partition coefficient (Wildman–Crippen LogP) is 1.24. The third kappa shape index (κ3) is 5.01. The van der Waals surface area contributed by atoms with Gasteiger partial charge in [-0.05, 0) is 30.7 Å². The summed E-state index contributed by atoms with van der Waals surface area (Å²) in [6, 6.07) is 5.18. The molecule has 1 aromatic rings. The molecule has 1 atom stereocenters. The van der Waals surface area contributed by atoms with E-state index in [1.165, 1.54) is 24.3 Å². The van der Waals surface area contributed by atoms with E-state index in [4.69, 9.17) is 0 Å². The van der Waals surface area contributed by atoms with E-state index in [1.807, 2.05) is 16.7 Å². The van der Waals surface area contributed by atoms with E-state index in [0.29, 0.717) is 38.3 Å². The molecule has 1 fully saturated rings. The number of carbonyl (C=O) groups excluding carboxylic acids is 1. The van der Waals surface area contributed by atoms with E-state index in [1.54, 1.807) is 0 Å². The number of carboxylic acid groups (broad SMARTS) is 1. The Morgan fingerprint density at radius 3 is 2.35 bits per heavy atom. The molecule has 6 nitrogen and oxygen atoms in total. The molecular formula is C16H22FN3O3. The summed E-state index contributed by atoms with van der Waals surface area (Å²) in [5, 5.41) is 11.9. The Bertz CT molecular complexity index is 542. The van der Waals surface area contributed by atoms with Crippen LogP contribution in [0.5, 0.6) is 0 Å². The number of nitrogens with one attached hydrogen (secondary N) is 1. The molecule has 1 saturated heterocycles. The molecule has 1 amide bonds. The van der Waals surface area contributed by atoms with Gasteiger partial charge in [-0.3, -0.25) is 19.4 Å². The molecule has 126 valence electrons. The fourth-order valence-electron chi connectivity index (χ4n) is 2.76. The monoisotopic (exact) mass is 323 g/mol. The highest BCUT2D eigenvalue weighted by Crippen LogP contribution is 2.11. The van der Waals surface area contributed by atoms with Crippen molar-refractivity contribution in [1.29, 1.82) is 0 Å². The van der Waals surface area contributed by atoms with Crippen LogP contribution >= 0.6 is 0 Å². The number of carbonyl (C=O) groups is 2. The molecule has 1 aliphatic rings. The quantitative estimate of drug-likeness (QED) is 0.824. The molecule has 1 unspecified atom stereocenters. The lowest BCUT2D eigenvalue weighted by molar-refractivity contribution is -0.144. The fraction of sp³-hybridized carbons (Fsp3) is 0.500. The highest BCUT2D eigenvalue weighted by atomic mass is 19.1. The van der Waals surface area contributed by atoms with Crippen molar-refractivity contribution in [3.05, 3.63) is 30.1 Å². The van der Waals surface area contributed by atoms with Gasteiger partial charge in [-0.1, -0.05) is 6.92 Å². The van der Waals surface area contributed by atoms with Crippen LogP contribution in [-0.4, -0.2) is 65.5 Å². The number of benzene rings is 1. The maximum absolute atomic E-state index is 12.8. The summed E-state index contributed by atoms with van der Waals surface area (Å²) in [7, 11) is 0. The summed E-state index contributed by atoms with van der Waals surface area (Å²) >= 11 is 0. The van der Waals surface area contributed by atoms with Crippen molar-refractivity contribution in [3.8, 4) is 0 Å². The SMILES string of the molecule is CCC(C(=O)O)N1CCN(CC(=O)Nc2ccc(F)cc2)CC1. The Kier molecular flexibility index (Phi) is 6.06. The van der Waals surface area contributed by atoms with E-state index >= 15 is 0 Å². The van der Waals surface area contributed by atoms with Gasteiger partial charge in [-0.2, -0.15) is 0 Å². The number of carboxylic acids is 1. The van der Waals surface area contributed by atoms with Crippen molar-refractivity contribution in [2.24, 2.45) is 0 Å². The summed E-state index contributed by atoms with van der Waals surface area (Å²) in [6.45, 7) is 4.68. The number of piperazine rings is 1. The van der Waals surface area contributed by atoms with Gasteiger partial charge in [0.25, 0.3) is 0 Å². The van der Waals surface area contributed by atoms with E-state index in [2.05, 4.69) is 5.32 Å². The number of nitrogens with zero attached hydrogens (tertiary/aromatic N) is 2. The molecule has 0 bridgehead atoms. The van der Waals surface area contributed by atoms with Crippen molar-refractivity contribution in [3.63, 3.8) is 0 Å². The Balaban J connectivity index is 1.78. The number of rotatable bonds is 6. The van der Waals surface area contributed by atoms with Crippen LogP contribution in [0.25, 0.3) is 0 Å². The molecule has 2 N–H and O–H groups in total. The van der Waals surface area contributed by atoms with Crippen LogP contribution in [0, 0.1) is 5.82 Å².